The zero-order valence-corrected chi connectivity index (χ0v) is 13.8. The molecule has 2 aromatic rings. The van der Waals surface area contributed by atoms with Crippen LogP contribution in [0.15, 0.2) is 36.4 Å². The summed E-state index contributed by atoms with van der Waals surface area (Å²) in [4.78, 5) is 2.26. The first-order chi connectivity index (χ1) is 10.8. The van der Waals surface area contributed by atoms with Crippen LogP contribution in [0.2, 0.25) is 0 Å². The molecule has 0 bridgehead atoms. The van der Waals surface area contributed by atoms with Crippen LogP contribution in [0, 0.1) is 0 Å². The molecule has 120 valence electrons. The van der Waals surface area contributed by atoms with E-state index >= 15 is 0 Å². The van der Waals surface area contributed by atoms with E-state index in [2.05, 4.69) is 47.6 Å². The lowest BCUT2D eigenvalue weighted by Crippen LogP contribution is -2.31. The molecule has 0 aliphatic heterocycles. The van der Waals surface area contributed by atoms with E-state index in [1.54, 1.807) is 14.2 Å². The zero-order chi connectivity index (χ0) is 15.8. The van der Waals surface area contributed by atoms with E-state index in [0.29, 0.717) is 0 Å². The van der Waals surface area contributed by atoms with Crippen molar-refractivity contribution < 1.29 is 9.47 Å². The number of likely N-dealkylation sites (N-methyl/N-ethyl adjacent to an activating group) is 1. The molecule has 0 amide bonds. The molecule has 0 heterocycles. The third-order valence-electron chi connectivity index (χ3n) is 3.87. The molecular formula is C18H26N2O2. The molecule has 0 aliphatic rings. The molecule has 4 nitrogen and oxygen atoms in total. The first-order valence-electron chi connectivity index (χ1n) is 7.69. The van der Waals surface area contributed by atoms with Crippen LogP contribution in [0.3, 0.4) is 0 Å². The smallest absolute Gasteiger partial charge is 0.123 e. The molecule has 1 N–H and O–H groups in total. The van der Waals surface area contributed by atoms with Crippen molar-refractivity contribution in [2.75, 3.05) is 47.5 Å². The van der Waals surface area contributed by atoms with Crippen molar-refractivity contribution in [2.24, 2.45) is 0 Å². The summed E-state index contributed by atoms with van der Waals surface area (Å²) in [6.07, 6.45) is 0. The van der Waals surface area contributed by atoms with Crippen LogP contribution < -0.4 is 10.1 Å². The number of ether oxygens (including phenoxy) is 2. The normalized spacial score (nSPS) is 11.3. The molecule has 0 saturated heterocycles. The fourth-order valence-corrected chi connectivity index (χ4v) is 2.53. The molecule has 0 aromatic heterocycles. The highest BCUT2D eigenvalue weighted by Gasteiger charge is 2.07. The molecule has 0 radical (unpaired) electrons. The number of benzene rings is 2. The highest BCUT2D eigenvalue weighted by Crippen LogP contribution is 2.27. The Morgan fingerprint density at radius 1 is 1.05 bits per heavy atom. The topological polar surface area (TPSA) is 33.7 Å². The predicted octanol–water partition coefficient (Wildman–Crippen LogP) is 2.52. The highest BCUT2D eigenvalue weighted by atomic mass is 16.5. The standard InChI is InChI=1S/C18H26N2O2/c1-20(12-13-21-2)11-10-19-14-17-16-7-5-4-6-15(16)8-9-18(17)22-3/h4-9,19H,10-14H2,1-3H3. The Morgan fingerprint density at radius 3 is 2.64 bits per heavy atom. The van der Waals surface area contributed by atoms with Crippen molar-refractivity contribution in [1.82, 2.24) is 10.2 Å². The summed E-state index contributed by atoms with van der Waals surface area (Å²) in [6, 6.07) is 12.6. The largest absolute Gasteiger partial charge is 0.496 e. The first-order valence-corrected chi connectivity index (χ1v) is 7.69. The van der Waals surface area contributed by atoms with E-state index in [1.165, 1.54) is 16.3 Å². The fraction of sp³-hybridized carbons (Fsp3) is 0.444. The van der Waals surface area contributed by atoms with Gasteiger partial charge in [-0.2, -0.15) is 0 Å². The van der Waals surface area contributed by atoms with Gasteiger partial charge in [-0.1, -0.05) is 30.3 Å². The molecule has 2 aromatic carbocycles. The summed E-state index contributed by atoms with van der Waals surface area (Å²) in [5.41, 5.74) is 1.22. The minimum absolute atomic E-state index is 0.771. The monoisotopic (exact) mass is 302 g/mol. The first kappa shape index (κ1) is 16.7. The zero-order valence-electron chi connectivity index (χ0n) is 13.8. The van der Waals surface area contributed by atoms with Crippen LogP contribution in [0.5, 0.6) is 5.75 Å². The molecule has 22 heavy (non-hydrogen) atoms. The average Bonchev–Trinajstić information content (AvgIpc) is 2.56. The van der Waals surface area contributed by atoms with Gasteiger partial charge >= 0.3 is 0 Å². The molecule has 0 fully saturated rings. The molecule has 0 aliphatic carbocycles. The Hall–Kier alpha value is -1.62. The Kier molecular flexibility index (Phi) is 6.65. The highest BCUT2D eigenvalue weighted by molar-refractivity contribution is 5.87. The molecule has 0 atom stereocenters. The van der Waals surface area contributed by atoms with Crippen LogP contribution in [0.1, 0.15) is 5.56 Å². The molecule has 0 unspecified atom stereocenters. The van der Waals surface area contributed by atoms with Crippen molar-refractivity contribution in [3.63, 3.8) is 0 Å². The molecule has 0 saturated carbocycles. The second-order valence-corrected chi connectivity index (χ2v) is 5.44. The third kappa shape index (κ3) is 4.44. The van der Waals surface area contributed by atoms with Gasteiger partial charge in [0.1, 0.15) is 5.75 Å². The van der Waals surface area contributed by atoms with Gasteiger partial charge in [0.25, 0.3) is 0 Å². The minimum Gasteiger partial charge on any atom is -0.496 e. The summed E-state index contributed by atoms with van der Waals surface area (Å²) in [7, 11) is 5.57. The molecule has 2 rings (SSSR count). The van der Waals surface area contributed by atoms with E-state index in [1.807, 2.05) is 6.07 Å². The lowest BCUT2D eigenvalue weighted by Gasteiger charge is -2.17. The maximum Gasteiger partial charge on any atom is 0.123 e. The van der Waals surface area contributed by atoms with Gasteiger partial charge in [0, 0.05) is 38.9 Å². The number of hydrogen-bond donors (Lipinski definition) is 1. The summed E-state index contributed by atoms with van der Waals surface area (Å²) < 4.78 is 10.6. The quantitative estimate of drug-likeness (QED) is 0.722. The minimum atomic E-state index is 0.771. The molecule has 4 heteroatoms. The number of hydrogen-bond acceptors (Lipinski definition) is 4. The van der Waals surface area contributed by atoms with Crippen molar-refractivity contribution in [3.05, 3.63) is 42.0 Å². The summed E-state index contributed by atoms with van der Waals surface area (Å²) in [5.74, 6) is 0.943. The van der Waals surface area contributed by atoms with Crippen molar-refractivity contribution in [2.45, 2.75) is 6.54 Å². The van der Waals surface area contributed by atoms with Crippen LogP contribution in [-0.4, -0.2) is 52.4 Å². The third-order valence-corrected chi connectivity index (χ3v) is 3.87. The van der Waals surface area contributed by atoms with E-state index in [9.17, 15) is 0 Å². The number of fused-ring (bicyclic) bond motifs is 1. The van der Waals surface area contributed by atoms with Gasteiger partial charge in [-0.05, 0) is 23.9 Å². The van der Waals surface area contributed by atoms with Gasteiger partial charge in [0.05, 0.1) is 13.7 Å². The second kappa shape index (κ2) is 8.73. The van der Waals surface area contributed by atoms with Crippen molar-refractivity contribution in [1.29, 1.82) is 0 Å². The number of methoxy groups -OCH3 is 2. The number of nitrogens with zero attached hydrogens (tertiary/aromatic N) is 1. The van der Waals surface area contributed by atoms with Crippen LogP contribution in [-0.2, 0) is 11.3 Å². The van der Waals surface area contributed by atoms with E-state index in [4.69, 9.17) is 9.47 Å². The Balaban J connectivity index is 1.96. The Bertz CT molecular complexity index is 586. The SMILES string of the molecule is COCCN(C)CCNCc1c(OC)ccc2ccccc12. The van der Waals surface area contributed by atoms with Crippen LogP contribution >= 0.6 is 0 Å². The van der Waals surface area contributed by atoms with Gasteiger partial charge in [-0.3, -0.25) is 0 Å². The van der Waals surface area contributed by atoms with Crippen LogP contribution in [0.4, 0.5) is 0 Å². The predicted molar refractivity (Wildman–Crippen MR) is 91.6 cm³/mol. The maximum atomic E-state index is 5.52. The van der Waals surface area contributed by atoms with E-state index in [-0.39, 0.29) is 0 Å². The summed E-state index contributed by atoms with van der Waals surface area (Å²) in [5, 5.41) is 6.01. The Labute approximate surface area is 133 Å². The Morgan fingerprint density at radius 2 is 1.86 bits per heavy atom. The fourth-order valence-electron chi connectivity index (χ4n) is 2.53. The lowest BCUT2D eigenvalue weighted by atomic mass is 10.0. The van der Waals surface area contributed by atoms with Gasteiger partial charge in [0.2, 0.25) is 0 Å². The van der Waals surface area contributed by atoms with Gasteiger partial charge in [-0.15, -0.1) is 0 Å². The lowest BCUT2D eigenvalue weighted by molar-refractivity contribution is 0.161. The average molecular weight is 302 g/mol. The van der Waals surface area contributed by atoms with E-state index < -0.39 is 0 Å². The molecular weight excluding hydrogens is 276 g/mol. The summed E-state index contributed by atoms with van der Waals surface area (Å²) in [6.45, 7) is 4.47. The van der Waals surface area contributed by atoms with Crippen molar-refractivity contribution >= 4 is 10.8 Å². The summed E-state index contributed by atoms with van der Waals surface area (Å²) >= 11 is 0. The van der Waals surface area contributed by atoms with Crippen LogP contribution in [0.25, 0.3) is 10.8 Å². The van der Waals surface area contributed by atoms with Gasteiger partial charge in [-0.25, -0.2) is 0 Å². The maximum absolute atomic E-state index is 5.52. The number of nitrogens with one attached hydrogen (secondary N) is 1. The van der Waals surface area contributed by atoms with E-state index in [0.717, 1.165) is 38.5 Å². The van der Waals surface area contributed by atoms with Gasteiger partial charge in [0.15, 0.2) is 0 Å². The number of rotatable bonds is 9. The van der Waals surface area contributed by atoms with Crippen molar-refractivity contribution in [3.8, 4) is 5.75 Å². The van der Waals surface area contributed by atoms with Gasteiger partial charge < -0.3 is 19.7 Å². The second-order valence-electron chi connectivity index (χ2n) is 5.44. The molecule has 0 spiro atoms.